The molecule has 0 aliphatic carbocycles. The van der Waals surface area contributed by atoms with Crippen LogP contribution in [-0.2, 0) is 19.3 Å². The van der Waals surface area contributed by atoms with Crippen molar-refractivity contribution in [3.05, 3.63) is 82.4 Å². The number of benzene rings is 3. The average Bonchev–Trinajstić information content (AvgIpc) is 2.91. The van der Waals surface area contributed by atoms with E-state index >= 15 is 0 Å². The second-order valence-electron chi connectivity index (χ2n) is 10.3. The Morgan fingerprint density at radius 1 is 0.703 bits per heavy atom. The van der Waals surface area contributed by atoms with Crippen LogP contribution >= 0.6 is 0 Å². The lowest BCUT2D eigenvalue weighted by Gasteiger charge is -2.14. The van der Waals surface area contributed by atoms with Gasteiger partial charge in [-0.2, -0.15) is 0 Å². The van der Waals surface area contributed by atoms with Gasteiger partial charge in [-0.15, -0.1) is 0 Å². The Morgan fingerprint density at radius 3 is 2.05 bits per heavy atom. The molecule has 0 radical (unpaired) electrons. The number of hydrogen-bond acceptors (Lipinski definition) is 2. The summed E-state index contributed by atoms with van der Waals surface area (Å²) < 4.78 is 0. The van der Waals surface area contributed by atoms with Crippen LogP contribution in [0.4, 0.5) is 11.4 Å². The summed E-state index contributed by atoms with van der Waals surface area (Å²) in [6.45, 7) is 13.3. The predicted octanol–water partition coefficient (Wildman–Crippen LogP) is 10.5. The summed E-state index contributed by atoms with van der Waals surface area (Å²) in [5.41, 5.74) is 12.5. The van der Waals surface area contributed by atoms with E-state index in [4.69, 9.17) is 9.98 Å². The van der Waals surface area contributed by atoms with Gasteiger partial charge in [0.1, 0.15) is 0 Å². The Labute approximate surface area is 226 Å². The van der Waals surface area contributed by atoms with Crippen LogP contribution in [0.1, 0.15) is 94.0 Å². The van der Waals surface area contributed by atoms with E-state index < -0.39 is 0 Å². The van der Waals surface area contributed by atoms with Crippen LogP contribution in [0, 0.1) is 13.8 Å². The summed E-state index contributed by atoms with van der Waals surface area (Å²) >= 11 is 0. The number of aliphatic imine (C=N–C) groups is 2. The maximum absolute atomic E-state index is 4.99. The third-order valence-corrected chi connectivity index (χ3v) is 7.38. The number of nitrogens with zero attached hydrogens (tertiary/aromatic N) is 2. The van der Waals surface area contributed by atoms with E-state index in [9.17, 15) is 0 Å². The Kier molecular flexibility index (Phi) is 11.3. The third kappa shape index (κ3) is 8.25. The molecule has 0 saturated heterocycles. The molecule has 0 bridgehead atoms. The second-order valence-corrected chi connectivity index (χ2v) is 10.3. The Morgan fingerprint density at radius 2 is 1.35 bits per heavy atom. The van der Waals surface area contributed by atoms with E-state index in [1.807, 2.05) is 6.21 Å². The lowest BCUT2D eigenvalue weighted by atomic mass is 9.93. The fourth-order valence-electron chi connectivity index (χ4n) is 5.03. The summed E-state index contributed by atoms with van der Waals surface area (Å²) in [7, 11) is 0. The lowest BCUT2D eigenvalue weighted by Crippen LogP contribution is -1.97. The molecule has 3 aromatic rings. The summed E-state index contributed by atoms with van der Waals surface area (Å²) in [4.78, 5) is 9.86. The SMILES string of the molecule is CCCCCCc1cc(N=CC(C)=Nc2cc(CCCC)c(C)c(-c3ccccc3)c2)cc(CC)c1C. The van der Waals surface area contributed by atoms with Crippen molar-refractivity contribution in [2.75, 3.05) is 0 Å². The minimum Gasteiger partial charge on any atom is -0.255 e. The highest BCUT2D eigenvalue weighted by atomic mass is 14.8. The Balaban J connectivity index is 1.89. The number of unbranched alkanes of at least 4 members (excludes halogenated alkanes) is 4. The van der Waals surface area contributed by atoms with Gasteiger partial charge >= 0.3 is 0 Å². The van der Waals surface area contributed by atoms with Crippen molar-refractivity contribution in [1.29, 1.82) is 0 Å². The van der Waals surface area contributed by atoms with E-state index in [2.05, 4.69) is 96.1 Å². The van der Waals surface area contributed by atoms with Gasteiger partial charge in [0, 0.05) is 6.21 Å². The van der Waals surface area contributed by atoms with Gasteiger partial charge in [-0.25, -0.2) is 0 Å². The monoisotopic (exact) mass is 494 g/mol. The molecule has 0 N–H and O–H groups in total. The number of hydrogen-bond donors (Lipinski definition) is 0. The predicted molar refractivity (Wildman–Crippen MR) is 165 cm³/mol. The first-order valence-corrected chi connectivity index (χ1v) is 14.4. The van der Waals surface area contributed by atoms with Gasteiger partial charge in [-0.05, 0) is 116 Å². The zero-order valence-corrected chi connectivity index (χ0v) is 24.0. The van der Waals surface area contributed by atoms with E-state index in [-0.39, 0.29) is 0 Å². The van der Waals surface area contributed by atoms with Gasteiger partial charge in [-0.1, -0.05) is 76.8 Å². The highest BCUT2D eigenvalue weighted by Crippen LogP contribution is 2.32. The van der Waals surface area contributed by atoms with Gasteiger partial charge in [-0.3, -0.25) is 9.98 Å². The first-order chi connectivity index (χ1) is 18.0. The molecule has 0 heterocycles. The number of aryl methyl sites for hydroxylation is 3. The topological polar surface area (TPSA) is 24.7 Å². The molecule has 2 nitrogen and oxygen atoms in total. The molecular weight excluding hydrogens is 448 g/mol. The molecule has 0 atom stereocenters. The van der Waals surface area contributed by atoms with Crippen molar-refractivity contribution in [3.63, 3.8) is 0 Å². The van der Waals surface area contributed by atoms with Crippen molar-refractivity contribution in [3.8, 4) is 11.1 Å². The second kappa shape index (κ2) is 14.7. The molecule has 0 amide bonds. The highest BCUT2D eigenvalue weighted by Gasteiger charge is 2.10. The van der Waals surface area contributed by atoms with Gasteiger partial charge in [0.15, 0.2) is 0 Å². The van der Waals surface area contributed by atoms with Crippen molar-refractivity contribution in [1.82, 2.24) is 0 Å². The fourth-order valence-corrected chi connectivity index (χ4v) is 5.03. The highest BCUT2D eigenvalue weighted by molar-refractivity contribution is 6.30. The molecular formula is C35H46N2. The maximum Gasteiger partial charge on any atom is 0.0642 e. The molecule has 3 rings (SSSR count). The molecule has 0 fully saturated rings. The van der Waals surface area contributed by atoms with Crippen LogP contribution in [0.3, 0.4) is 0 Å². The smallest absolute Gasteiger partial charge is 0.0642 e. The zero-order valence-electron chi connectivity index (χ0n) is 24.0. The largest absolute Gasteiger partial charge is 0.255 e. The summed E-state index contributed by atoms with van der Waals surface area (Å²) in [6, 6.07) is 19.7. The molecule has 0 saturated carbocycles. The summed E-state index contributed by atoms with van der Waals surface area (Å²) in [5, 5.41) is 0. The summed E-state index contributed by atoms with van der Waals surface area (Å²) in [6.07, 6.45) is 12.7. The van der Waals surface area contributed by atoms with Crippen LogP contribution in [0.5, 0.6) is 0 Å². The normalized spacial score (nSPS) is 12.0. The van der Waals surface area contributed by atoms with Crippen molar-refractivity contribution in [2.24, 2.45) is 9.98 Å². The standard InChI is InChI=1S/C35H46N2/c1-7-10-12-14-20-31-22-33(21-29(9-3)27(31)5)36-25-26(4)37-34-23-32(17-11-8-2)28(6)35(24-34)30-18-15-13-16-19-30/h13,15-16,18-19,21-25H,7-12,14,17,20H2,1-6H3. The first-order valence-electron chi connectivity index (χ1n) is 14.4. The van der Waals surface area contributed by atoms with Gasteiger partial charge in [0.2, 0.25) is 0 Å². The molecule has 2 heteroatoms. The van der Waals surface area contributed by atoms with Crippen molar-refractivity contribution >= 4 is 23.3 Å². The van der Waals surface area contributed by atoms with Gasteiger partial charge < -0.3 is 0 Å². The van der Waals surface area contributed by atoms with Crippen LogP contribution in [0.2, 0.25) is 0 Å². The molecule has 37 heavy (non-hydrogen) atoms. The molecule has 0 unspecified atom stereocenters. The zero-order chi connectivity index (χ0) is 26.6. The van der Waals surface area contributed by atoms with Gasteiger partial charge in [0.05, 0.1) is 17.1 Å². The van der Waals surface area contributed by atoms with Crippen molar-refractivity contribution < 1.29 is 0 Å². The maximum atomic E-state index is 4.99. The minimum absolute atomic E-state index is 0.924. The van der Waals surface area contributed by atoms with Gasteiger partial charge in [0.25, 0.3) is 0 Å². The van der Waals surface area contributed by atoms with Crippen LogP contribution < -0.4 is 0 Å². The van der Waals surface area contributed by atoms with Crippen molar-refractivity contribution in [2.45, 2.75) is 99.3 Å². The van der Waals surface area contributed by atoms with E-state index in [0.29, 0.717) is 0 Å². The quantitative estimate of drug-likeness (QED) is 0.167. The molecule has 0 spiro atoms. The van der Waals surface area contributed by atoms with E-state index in [1.165, 1.54) is 77.5 Å². The molecule has 0 aliphatic rings. The van der Waals surface area contributed by atoms with E-state index in [0.717, 1.165) is 36.3 Å². The molecule has 0 aromatic heterocycles. The minimum atomic E-state index is 0.924. The fraction of sp³-hybridized carbons (Fsp3) is 0.429. The molecule has 196 valence electrons. The Bertz CT molecular complexity index is 1200. The third-order valence-electron chi connectivity index (χ3n) is 7.38. The van der Waals surface area contributed by atoms with Crippen LogP contribution in [0.15, 0.2) is 64.6 Å². The molecule has 3 aromatic carbocycles. The first kappa shape index (κ1) is 28.6. The average molecular weight is 495 g/mol. The van der Waals surface area contributed by atoms with E-state index in [1.54, 1.807) is 0 Å². The molecule has 0 aliphatic heterocycles. The van der Waals surface area contributed by atoms with Crippen LogP contribution in [-0.4, -0.2) is 11.9 Å². The number of rotatable bonds is 13. The Hall–Kier alpha value is -3.00. The lowest BCUT2D eigenvalue weighted by molar-refractivity contribution is 0.665. The summed E-state index contributed by atoms with van der Waals surface area (Å²) in [5.74, 6) is 0. The van der Waals surface area contributed by atoms with Crippen LogP contribution in [0.25, 0.3) is 11.1 Å².